The molecule has 1 aliphatic rings. The topological polar surface area (TPSA) is 65.4 Å². The highest BCUT2D eigenvalue weighted by atomic mass is 79.9. The van der Waals surface area contributed by atoms with Gasteiger partial charge in [-0.2, -0.15) is 0 Å². The molecule has 7 heteroatoms. The molecule has 0 saturated carbocycles. The van der Waals surface area contributed by atoms with E-state index in [1.54, 1.807) is 14.0 Å². The molecule has 1 aromatic heterocycles. The molecule has 0 spiro atoms. The van der Waals surface area contributed by atoms with Gasteiger partial charge >= 0.3 is 5.97 Å². The fraction of sp³-hybridized carbons (Fsp3) is 0.300. The summed E-state index contributed by atoms with van der Waals surface area (Å²) in [6.45, 7) is 1.95. The molecular weight excluding hydrogens is 310 g/mol. The summed E-state index contributed by atoms with van der Waals surface area (Å²) in [7, 11) is -1.86. The van der Waals surface area contributed by atoms with E-state index in [0.717, 1.165) is 0 Å². The van der Waals surface area contributed by atoms with Crippen molar-refractivity contribution in [2.75, 3.05) is 6.61 Å². The Hall–Kier alpha value is -1.08. The van der Waals surface area contributed by atoms with Crippen molar-refractivity contribution in [3.63, 3.8) is 0 Å². The number of hydrogen-bond donors (Lipinski definition) is 0. The number of rotatable bonds is 2. The summed E-state index contributed by atoms with van der Waals surface area (Å²) in [5.41, 5.74) is 0.719. The Balaban J connectivity index is 2.58. The van der Waals surface area contributed by atoms with Crippen molar-refractivity contribution in [1.82, 2.24) is 4.57 Å². The van der Waals surface area contributed by atoms with Crippen LogP contribution in [0.1, 0.15) is 23.1 Å². The van der Waals surface area contributed by atoms with Crippen molar-refractivity contribution in [1.29, 1.82) is 0 Å². The first kappa shape index (κ1) is 12.4. The van der Waals surface area contributed by atoms with E-state index in [-0.39, 0.29) is 21.0 Å². The van der Waals surface area contributed by atoms with Gasteiger partial charge in [0.05, 0.1) is 17.2 Å². The fourth-order valence-electron chi connectivity index (χ4n) is 1.66. The maximum atomic E-state index is 11.8. The van der Waals surface area contributed by atoms with Gasteiger partial charge in [0.25, 0.3) is 0 Å². The Bertz CT molecular complexity index is 627. The number of nitrogens with zero attached hydrogens (tertiary/aromatic N) is 1. The van der Waals surface area contributed by atoms with Gasteiger partial charge in [-0.15, -0.1) is 0 Å². The lowest BCUT2D eigenvalue weighted by molar-refractivity contribution is 0.0515. The number of fused-ring (bicyclic) bond motifs is 1. The monoisotopic (exact) mass is 319 g/mol. The number of hydrogen-bond acceptors (Lipinski definition) is 4. The van der Waals surface area contributed by atoms with E-state index in [0.29, 0.717) is 5.69 Å². The number of ether oxygens (including phenoxy) is 1. The Morgan fingerprint density at radius 3 is 2.71 bits per heavy atom. The van der Waals surface area contributed by atoms with E-state index in [9.17, 15) is 13.2 Å². The Labute approximate surface area is 107 Å². The van der Waals surface area contributed by atoms with Gasteiger partial charge in [0.15, 0.2) is 0 Å². The largest absolute Gasteiger partial charge is 0.461 e. The molecule has 17 heavy (non-hydrogen) atoms. The molecule has 0 aliphatic carbocycles. The fourth-order valence-corrected chi connectivity index (χ4v) is 3.62. The molecule has 0 fully saturated rings. The van der Waals surface area contributed by atoms with Gasteiger partial charge in [0.2, 0.25) is 9.84 Å². The Morgan fingerprint density at radius 2 is 2.18 bits per heavy atom. The van der Waals surface area contributed by atoms with E-state index in [1.165, 1.54) is 16.7 Å². The first-order valence-electron chi connectivity index (χ1n) is 4.88. The van der Waals surface area contributed by atoms with Crippen molar-refractivity contribution < 1.29 is 17.9 Å². The third kappa shape index (κ3) is 1.73. The maximum Gasteiger partial charge on any atom is 0.354 e. The van der Waals surface area contributed by atoms with Gasteiger partial charge in [0, 0.05) is 7.05 Å². The van der Waals surface area contributed by atoms with Crippen molar-refractivity contribution in [2.45, 2.75) is 11.8 Å². The second-order valence-corrected chi connectivity index (χ2v) is 6.78. The van der Waals surface area contributed by atoms with Gasteiger partial charge in [-0.1, -0.05) is 0 Å². The number of carbonyl (C=O) groups excluding carboxylic acids is 1. The van der Waals surface area contributed by atoms with E-state index < -0.39 is 15.8 Å². The second-order valence-electron chi connectivity index (χ2n) is 3.51. The minimum Gasteiger partial charge on any atom is -0.461 e. The van der Waals surface area contributed by atoms with Crippen LogP contribution in [0.15, 0.2) is 14.8 Å². The van der Waals surface area contributed by atoms with E-state index in [2.05, 4.69) is 15.9 Å². The molecule has 0 N–H and O–H groups in total. The molecule has 0 atom stereocenters. The van der Waals surface area contributed by atoms with Gasteiger partial charge in [-0.05, 0) is 35.0 Å². The highest BCUT2D eigenvalue weighted by Crippen LogP contribution is 2.37. The van der Waals surface area contributed by atoms with Crippen LogP contribution in [-0.4, -0.2) is 25.6 Å². The normalized spacial score (nSPS) is 16.5. The van der Waals surface area contributed by atoms with Crippen molar-refractivity contribution >= 4 is 37.8 Å². The van der Waals surface area contributed by atoms with Crippen LogP contribution >= 0.6 is 15.9 Å². The van der Waals surface area contributed by atoms with Crippen molar-refractivity contribution in [2.24, 2.45) is 7.05 Å². The molecule has 2 heterocycles. The smallest absolute Gasteiger partial charge is 0.354 e. The molecule has 0 saturated heterocycles. The molecule has 0 radical (unpaired) electrons. The molecule has 0 amide bonds. The lowest BCUT2D eigenvalue weighted by Gasteiger charge is -2.03. The molecule has 0 aromatic carbocycles. The lowest BCUT2D eigenvalue weighted by Crippen LogP contribution is -2.10. The number of carbonyl (C=O) groups is 1. The van der Waals surface area contributed by atoms with Crippen LogP contribution in [0.3, 0.4) is 0 Å². The first-order chi connectivity index (χ1) is 7.89. The van der Waals surface area contributed by atoms with Crippen LogP contribution in [0.2, 0.25) is 0 Å². The number of esters is 1. The van der Waals surface area contributed by atoms with Crippen molar-refractivity contribution in [3.8, 4) is 0 Å². The highest BCUT2D eigenvalue weighted by Gasteiger charge is 2.33. The highest BCUT2D eigenvalue weighted by molar-refractivity contribution is 9.13. The summed E-state index contributed by atoms with van der Waals surface area (Å²) in [6.07, 6.45) is 1.48. The standard InChI is InChI=1S/C10H10BrNO4S/c1-3-16-10(13)7-4-8-6(12(7)2)5-9(11)17(8,14)15/h4-5H,3H2,1-2H3. The molecular formula is C10H10BrNO4S. The summed E-state index contributed by atoms with van der Waals surface area (Å²) in [6, 6.07) is 1.34. The van der Waals surface area contributed by atoms with Crippen LogP contribution in [0.4, 0.5) is 0 Å². The average Bonchev–Trinajstić information content (AvgIpc) is 2.67. The third-order valence-corrected chi connectivity index (χ3v) is 5.57. The summed E-state index contributed by atoms with van der Waals surface area (Å²) in [5, 5.41) is 0. The van der Waals surface area contributed by atoms with E-state index in [1.807, 2.05) is 0 Å². The number of aromatic nitrogens is 1. The predicted molar refractivity (Wildman–Crippen MR) is 65.5 cm³/mol. The number of sulfone groups is 1. The first-order valence-corrected chi connectivity index (χ1v) is 7.16. The van der Waals surface area contributed by atoms with E-state index >= 15 is 0 Å². The molecule has 92 valence electrons. The van der Waals surface area contributed by atoms with Gasteiger partial charge < -0.3 is 9.30 Å². The van der Waals surface area contributed by atoms with Crippen LogP contribution in [0.5, 0.6) is 0 Å². The maximum absolute atomic E-state index is 11.8. The lowest BCUT2D eigenvalue weighted by atomic mass is 10.4. The summed E-state index contributed by atoms with van der Waals surface area (Å²) >= 11 is 2.99. The summed E-state index contributed by atoms with van der Waals surface area (Å²) < 4.78 is 30.2. The Kier molecular flexibility index (Phi) is 2.90. The second kappa shape index (κ2) is 3.99. The zero-order valence-electron chi connectivity index (χ0n) is 9.23. The molecule has 0 unspecified atom stereocenters. The Morgan fingerprint density at radius 1 is 1.53 bits per heavy atom. The predicted octanol–water partition coefficient (Wildman–Crippen LogP) is 1.68. The van der Waals surface area contributed by atoms with Crippen LogP contribution in [-0.2, 0) is 21.6 Å². The van der Waals surface area contributed by atoms with E-state index in [4.69, 9.17) is 4.74 Å². The van der Waals surface area contributed by atoms with Gasteiger partial charge in [-0.25, -0.2) is 13.2 Å². The van der Waals surface area contributed by atoms with Gasteiger partial charge in [0.1, 0.15) is 9.51 Å². The molecule has 5 nitrogen and oxygen atoms in total. The summed E-state index contributed by atoms with van der Waals surface area (Å²) in [4.78, 5) is 11.7. The SMILES string of the molecule is CCOC(=O)c1cc2c(n1C)C=C(Br)S2(=O)=O. The molecule has 1 aromatic rings. The zero-order valence-corrected chi connectivity index (χ0v) is 11.6. The molecule has 2 rings (SSSR count). The van der Waals surface area contributed by atoms with Crippen LogP contribution < -0.4 is 0 Å². The van der Waals surface area contributed by atoms with Crippen molar-refractivity contribution in [3.05, 3.63) is 21.3 Å². The van der Waals surface area contributed by atoms with Gasteiger partial charge in [-0.3, -0.25) is 0 Å². The van der Waals surface area contributed by atoms with Crippen LogP contribution in [0.25, 0.3) is 6.08 Å². The number of halogens is 1. The zero-order chi connectivity index (χ0) is 12.8. The van der Waals surface area contributed by atoms with Crippen LogP contribution in [0, 0.1) is 0 Å². The average molecular weight is 320 g/mol. The minimum absolute atomic E-state index is 0.112. The molecule has 0 bridgehead atoms. The molecule has 1 aliphatic heterocycles. The minimum atomic E-state index is -3.49. The summed E-state index contributed by atoms with van der Waals surface area (Å²) in [5.74, 6) is -0.524. The third-order valence-electron chi connectivity index (χ3n) is 2.52. The quantitative estimate of drug-likeness (QED) is 0.778.